The number of carboxylic acid groups (broad SMARTS) is 5. The largest absolute Gasteiger partial charge is 0.480 e. The Hall–Kier alpha value is -2.77. The van der Waals surface area contributed by atoms with Crippen LogP contribution in [0.25, 0.3) is 0 Å². The predicted octanol–water partition coefficient (Wildman–Crippen LogP) is -3.29. The molecule has 0 saturated carbocycles. The molecule has 0 aliphatic rings. The molecule has 0 radical (unpaired) electrons. The summed E-state index contributed by atoms with van der Waals surface area (Å²) >= 11 is 0. The van der Waals surface area contributed by atoms with E-state index in [1.54, 1.807) is 0 Å². The molecule has 0 saturated heterocycles. The van der Waals surface area contributed by atoms with E-state index in [0.717, 1.165) is 9.80 Å². The number of rotatable bonds is 13. The van der Waals surface area contributed by atoms with Crippen LogP contribution in [0.3, 0.4) is 0 Å². The van der Waals surface area contributed by atoms with E-state index in [0.29, 0.717) is 0 Å². The number of hydrogen-bond donors (Lipinski definition) is 6. The number of nitrogens with zero attached hydrogens (tertiary/aromatic N) is 2. The maximum absolute atomic E-state index is 11.3. The first kappa shape index (κ1) is 22.2. The molecule has 7 N–H and O–H groups in total. The van der Waals surface area contributed by atoms with E-state index in [9.17, 15) is 24.0 Å². The molecular formula is C12H19N3O10. The molecule has 0 rings (SSSR count). The molecule has 0 aliphatic carbocycles. The minimum atomic E-state index is -1.94. The van der Waals surface area contributed by atoms with E-state index in [4.69, 9.17) is 31.3 Å². The van der Waals surface area contributed by atoms with Crippen molar-refractivity contribution in [1.29, 1.82) is 0 Å². The van der Waals surface area contributed by atoms with E-state index >= 15 is 0 Å². The van der Waals surface area contributed by atoms with Gasteiger partial charge in [0.15, 0.2) is 0 Å². The third-order valence-corrected chi connectivity index (χ3v) is 3.03. The van der Waals surface area contributed by atoms with Crippen LogP contribution in [0, 0.1) is 0 Å². The summed E-state index contributed by atoms with van der Waals surface area (Å²) in [6.45, 7) is -3.01. The van der Waals surface area contributed by atoms with Gasteiger partial charge in [0, 0.05) is 13.1 Å². The zero-order valence-corrected chi connectivity index (χ0v) is 12.9. The molecule has 0 aromatic heterocycles. The van der Waals surface area contributed by atoms with Gasteiger partial charge in [0.1, 0.15) is 12.1 Å². The highest BCUT2D eigenvalue weighted by Gasteiger charge is 2.37. The Bertz CT molecular complexity index is 521. The minimum Gasteiger partial charge on any atom is -0.480 e. The van der Waals surface area contributed by atoms with E-state index in [-0.39, 0.29) is 6.54 Å². The number of aliphatic carboxylic acids is 5. The molecular weight excluding hydrogens is 346 g/mol. The molecule has 2 unspecified atom stereocenters. The number of nitrogens with two attached hydrogens (primary N) is 1. The molecule has 0 heterocycles. The molecule has 0 bridgehead atoms. The molecule has 0 fully saturated rings. The van der Waals surface area contributed by atoms with Gasteiger partial charge >= 0.3 is 29.8 Å². The zero-order valence-electron chi connectivity index (χ0n) is 12.9. The second-order valence-electron chi connectivity index (χ2n) is 5.01. The first-order chi connectivity index (χ1) is 11.5. The number of carbonyl (C=O) groups is 5. The van der Waals surface area contributed by atoms with Crippen LogP contribution in [0.1, 0.15) is 0 Å². The zero-order chi connectivity index (χ0) is 19.7. The van der Waals surface area contributed by atoms with Crippen LogP contribution < -0.4 is 5.73 Å². The van der Waals surface area contributed by atoms with Gasteiger partial charge in [0.05, 0.1) is 19.6 Å². The van der Waals surface area contributed by atoms with Crippen LogP contribution >= 0.6 is 0 Å². The maximum Gasteiger partial charge on any atom is 0.323 e. The maximum atomic E-state index is 11.3. The van der Waals surface area contributed by atoms with Crippen molar-refractivity contribution in [1.82, 2.24) is 9.80 Å². The summed E-state index contributed by atoms with van der Waals surface area (Å²) < 4.78 is 0. The Kier molecular flexibility index (Phi) is 9.04. The third-order valence-electron chi connectivity index (χ3n) is 3.03. The summed E-state index contributed by atoms with van der Waals surface area (Å²) in [7, 11) is 0. The number of hydrogen-bond acceptors (Lipinski definition) is 8. The summed E-state index contributed by atoms with van der Waals surface area (Å²) in [5.74, 6) is -7.51. The topological polar surface area (TPSA) is 219 Å². The van der Waals surface area contributed by atoms with Crippen molar-refractivity contribution in [2.45, 2.75) is 12.1 Å². The summed E-state index contributed by atoms with van der Waals surface area (Å²) in [6.07, 6.45) is 0. The summed E-state index contributed by atoms with van der Waals surface area (Å²) in [6, 6.07) is -3.84. The molecule has 25 heavy (non-hydrogen) atoms. The van der Waals surface area contributed by atoms with Crippen molar-refractivity contribution in [2.24, 2.45) is 5.73 Å². The van der Waals surface area contributed by atoms with E-state index in [1.807, 2.05) is 0 Å². The summed E-state index contributed by atoms with van der Waals surface area (Å²) in [5.41, 5.74) is 5.29. The standard InChI is InChI=1S/C12H19N3O10/c13-9(11(22)23)10(12(24)25)15(5-8(20)21)2-1-14(3-6(16)17)4-7(18)19/h9-10H,1-5,13H2,(H,16,17)(H,18,19)(H,20,21)(H,22,23)(H,24,25). The Morgan fingerprint density at radius 1 is 0.720 bits per heavy atom. The Balaban J connectivity index is 5.31. The van der Waals surface area contributed by atoms with E-state index in [1.165, 1.54) is 0 Å². The quantitative estimate of drug-likeness (QED) is 0.189. The Morgan fingerprint density at radius 2 is 1.16 bits per heavy atom. The highest BCUT2D eigenvalue weighted by Crippen LogP contribution is 2.06. The van der Waals surface area contributed by atoms with Gasteiger partial charge < -0.3 is 31.3 Å². The average Bonchev–Trinajstić information content (AvgIpc) is 2.41. The van der Waals surface area contributed by atoms with E-state index in [2.05, 4.69) is 0 Å². The molecule has 0 aromatic carbocycles. The lowest BCUT2D eigenvalue weighted by atomic mass is 10.1. The molecule has 2 atom stereocenters. The molecule has 13 nitrogen and oxygen atoms in total. The van der Waals surface area contributed by atoms with Crippen molar-refractivity contribution < 1.29 is 49.5 Å². The first-order valence-corrected chi connectivity index (χ1v) is 6.78. The lowest BCUT2D eigenvalue weighted by Crippen LogP contribution is -2.58. The fourth-order valence-electron chi connectivity index (χ4n) is 2.03. The SMILES string of the molecule is NC(C(=O)O)C(C(=O)O)N(CCN(CC(=O)O)CC(=O)O)CC(=O)O. The van der Waals surface area contributed by atoms with Crippen LogP contribution in [0.4, 0.5) is 0 Å². The minimum absolute atomic E-state index is 0.331. The van der Waals surface area contributed by atoms with Gasteiger partial charge in [0.25, 0.3) is 0 Å². The molecule has 13 heteroatoms. The van der Waals surface area contributed by atoms with Gasteiger partial charge in [-0.05, 0) is 0 Å². The molecule has 142 valence electrons. The van der Waals surface area contributed by atoms with Crippen molar-refractivity contribution >= 4 is 29.8 Å². The second-order valence-corrected chi connectivity index (χ2v) is 5.01. The molecule has 0 aromatic rings. The summed E-state index contributed by atoms with van der Waals surface area (Å²) in [5, 5.41) is 44.4. The second kappa shape index (κ2) is 10.2. The first-order valence-electron chi connectivity index (χ1n) is 6.78. The van der Waals surface area contributed by atoms with Crippen molar-refractivity contribution in [3.05, 3.63) is 0 Å². The Labute approximate surface area is 140 Å². The van der Waals surface area contributed by atoms with Gasteiger partial charge in [-0.2, -0.15) is 0 Å². The lowest BCUT2D eigenvalue weighted by molar-refractivity contribution is -0.154. The molecule has 0 amide bonds. The van der Waals surface area contributed by atoms with Crippen molar-refractivity contribution in [3.8, 4) is 0 Å². The van der Waals surface area contributed by atoms with E-state index < -0.39 is 68.1 Å². The monoisotopic (exact) mass is 365 g/mol. The molecule has 0 aliphatic heterocycles. The highest BCUT2D eigenvalue weighted by molar-refractivity contribution is 5.85. The van der Waals surface area contributed by atoms with Gasteiger partial charge in [-0.3, -0.25) is 33.8 Å². The highest BCUT2D eigenvalue weighted by atomic mass is 16.4. The van der Waals surface area contributed by atoms with Crippen LogP contribution in [0.5, 0.6) is 0 Å². The fourth-order valence-corrected chi connectivity index (χ4v) is 2.03. The van der Waals surface area contributed by atoms with Crippen LogP contribution in [-0.4, -0.2) is 110 Å². The van der Waals surface area contributed by atoms with Gasteiger partial charge in [-0.25, -0.2) is 0 Å². The predicted molar refractivity (Wildman–Crippen MR) is 78.0 cm³/mol. The van der Waals surface area contributed by atoms with Crippen molar-refractivity contribution in [3.63, 3.8) is 0 Å². The Morgan fingerprint density at radius 3 is 1.48 bits per heavy atom. The van der Waals surface area contributed by atoms with Gasteiger partial charge in [0.2, 0.25) is 0 Å². The molecule has 0 spiro atoms. The van der Waals surface area contributed by atoms with Crippen LogP contribution in [-0.2, 0) is 24.0 Å². The lowest BCUT2D eigenvalue weighted by Gasteiger charge is -2.31. The van der Waals surface area contributed by atoms with Crippen LogP contribution in [0.2, 0.25) is 0 Å². The smallest absolute Gasteiger partial charge is 0.323 e. The van der Waals surface area contributed by atoms with Gasteiger partial charge in [-0.1, -0.05) is 0 Å². The number of carboxylic acids is 5. The fraction of sp³-hybridized carbons (Fsp3) is 0.583. The van der Waals surface area contributed by atoms with Crippen molar-refractivity contribution in [2.75, 3.05) is 32.7 Å². The van der Waals surface area contributed by atoms with Gasteiger partial charge in [-0.15, -0.1) is 0 Å². The van der Waals surface area contributed by atoms with Crippen LogP contribution in [0.15, 0.2) is 0 Å². The summed E-state index contributed by atoms with van der Waals surface area (Å²) in [4.78, 5) is 56.2. The average molecular weight is 365 g/mol. The third kappa shape index (κ3) is 8.59. The normalized spacial score (nSPS) is 13.4.